The van der Waals surface area contributed by atoms with E-state index in [1.807, 2.05) is 19.9 Å². The maximum atomic E-state index is 13.4. The Morgan fingerprint density at radius 3 is 2.70 bits per heavy atom. The molecule has 0 aliphatic carbocycles. The van der Waals surface area contributed by atoms with Crippen LogP contribution in [0.5, 0.6) is 11.5 Å². The van der Waals surface area contributed by atoms with E-state index in [0.29, 0.717) is 23.4 Å². The summed E-state index contributed by atoms with van der Waals surface area (Å²) in [5, 5.41) is 9.22. The number of halogens is 2. The quantitative estimate of drug-likeness (QED) is 0.573. The smallest absolute Gasteiger partial charge is 0.395 e. The van der Waals surface area contributed by atoms with E-state index in [-0.39, 0.29) is 23.0 Å². The molecule has 11 heteroatoms. The molecular formula is C16H13F2N7O2. The fourth-order valence-electron chi connectivity index (χ4n) is 3.18. The summed E-state index contributed by atoms with van der Waals surface area (Å²) in [5.74, 6) is 0.183. The summed E-state index contributed by atoms with van der Waals surface area (Å²) in [6, 6.07) is 4.90. The molecule has 0 fully saturated rings. The van der Waals surface area contributed by atoms with E-state index < -0.39 is 6.29 Å². The molecule has 0 bridgehead atoms. The number of anilines is 1. The Balaban J connectivity index is 1.68. The van der Waals surface area contributed by atoms with Crippen LogP contribution in [0.2, 0.25) is 0 Å². The molecule has 2 N–H and O–H groups in total. The first kappa shape index (κ1) is 15.7. The molecule has 1 aliphatic rings. The van der Waals surface area contributed by atoms with Crippen LogP contribution in [0, 0.1) is 13.8 Å². The summed E-state index contributed by atoms with van der Waals surface area (Å²) in [6.07, 6.45) is -3.74. The van der Waals surface area contributed by atoms with E-state index in [4.69, 9.17) is 5.73 Å². The monoisotopic (exact) mass is 373 g/mol. The molecule has 0 atom stereocenters. The number of nitrogens with two attached hydrogens (primary N) is 1. The van der Waals surface area contributed by atoms with E-state index in [9.17, 15) is 8.78 Å². The summed E-state index contributed by atoms with van der Waals surface area (Å²) in [5.41, 5.74) is 8.34. The van der Waals surface area contributed by atoms with Crippen molar-refractivity contribution in [3.05, 3.63) is 35.4 Å². The van der Waals surface area contributed by atoms with Crippen molar-refractivity contribution in [1.29, 1.82) is 0 Å². The first-order chi connectivity index (χ1) is 12.8. The average Bonchev–Trinajstić information content (AvgIpc) is 3.22. The molecule has 4 aromatic rings. The normalized spacial score (nSPS) is 15.1. The molecule has 5 rings (SSSR count). The Morgan fingerprint density at radius 1 is 1.15 bits per heavy atom. The van der Waals surface area contributed by atoms with Crippen molar-refractivity contribution < 1.29 is 18.3 Å². The van der Waals surface area contributed by atoms with E-state index in [2.05, 4.69) is 29.6 Å². The van der Waals surface area contributed by atoms with Crippen molar-refractivity contribution in [1.82, 2.24) is 29.4 Å². The Morgan fingerprint density at radius 2 is 1.96 bits per heavy atom. The molecule has 1 aliphatic heterocycles. The van der Waals surface area contributed by atoms with Gasteiger partial charge in [-0.05, 0) is 32.0 Å². The van der Waals surface area contributed by atoms with Crippen LogP contribution in [-0.2, 0) is 6.54 Å². The molecule has 4 heterocycles. The van der Waals surface area contributed by atoms with Gasteiger partial charge < -0.3 is 15.2 Å². The average molecular weight is 373 g/mol. The van der Waals surface area contributed by atoms with Gasteiger partial charge in [0, 0.05) is 11.1 Å². The van der Waals surface area contributed by atoms with Gasteiger partial charge >= 0.3 is 6.29 Å². The zero-order valence-electron chi connectivity index (χ0n) is 14.3. The number of rotatable bonds is 2. The Hall–Kier alpha value is -3.50. The maximum absolute atomic E-state index is 13.4. The van der Waals surface area contributed by atoms with Crippen LogP contribution < -0.4 is 15.2 Å². The van der Waals surface area contributed by atoms with Gasteiger partial charge in [0.15, 0.2) is 23.0 Å². The maximum Gasteiger partial charge on any atom is 0.586 e. The SMILES string of the molecule is Cc1cc(C)n(Cc2nc3c4ccc5c(c4nc(N)n3n2)OC(F)(F)O5)n1. The third-order valence-corrected chi connectivity index (χ3v) is 4.27. The van der Waals surface area contributed by atoms with E-state index in [1.165, 1.54) is 10.6 Å². The number of fused-ring (bicyclic) bond motifs is 5. The lowest BCUT2D eigenvalue weighted by atomic mass is 10.2. The van der Waals surface area contributed by atoms with Crippen molar-refractivity contribution in [2.45, 2.75) is 26.7 Å². The van der Waals surface area contributed by atoms with Crippen molar-refractivity contribution in [3.8, 4) is 11.5 Å². The summed E-state index contributed by atoms with van der Waals surface area (Å²) in [6.45, 7) is 4.17. The first-order valence-electron chi connectivity index (χ1n) is 8.05. The lowest BCUT2D eigenvalue weighted by Gasteiger charge is -2.05. The van der Waals surface area contributed by atoms with Crippen LogP contribution in [0.25, 0.3) is 16.6 Å². The van der Waals surface area contributed by atoms with Gasteiger partial charge in [-0.15, -0.1) is 13.9 Å². The molecule has 0 saturated carbocycles. The van der Waals surface area contributed by atoms with Gasteiger partial charge in [0.05, 0.1) is 5.69 Å². The highest BCUT2D eigenvalue weighted by molar-refractivity contribution is 5.97. The van der Waals surface area contributed by atoms with E-state index in [1.54, 1.807) is 10.7 Å². The van der Waals surface area contributed by atoms with Gasteiger partial charge in [-0.1, -0.05) is 0 Å². The summed E-state index contributed by atoms with van der Waals surface area (Å²) < 4.78 is 39.0. The second kappa shape index (κ2) is 5.02. The minimum absolute atomic E-state index is 0.00293. The minimum Gasteiger partial charge on any atom is -0.395 e. The predicted molar refractivity (Wildman–Crippen MR) is 89.7 cm³/mol. The number of nitrogen functional groups attached to an aromatic ring is 1. The number of nitrogens with zero attached hydrogens (tertiary/aromatic N) is 6. The largest absolute Gasteiger partial charge is 0.586 e. The first-order valence-corrected chi connectivity index (χ1v) is 8.05. The van der Waals surface area contributed by atoms with Gasteiger partial charge in [0.1, 0.15) is 12.1 Å². The molecule has 0 spiro atoms. The number of ether oxygens (including phenoxy) is 2. The van der Waals surface area contributed by atoms with Crippen molar-refractivity contribution in [3.63, 3.8) is 0 Å². The highest BCUT2D eigenvalue weighted by Gasteiger charge is 2.44. The molecule has 0 amide bonds. The van der Waals surface area contributed by atoms with Crippen LogP contribution in [0.1, 0.15) is 17.2 Å². The van der Waals surface area contributed by atoms with Gasteiger partial charge in [-0.2, -0.15) is 9.61 Å². The molecule has 138 valence electrons. The van der Waals surface area contributed by atoms with Crippen molar-refractivity contribution >= 4 is 22.5 Å². The van der Waals surface area contributed by atoms with Crippen molar-refractivity contribution in [2.75, 3.05) is 5.73 Å². The number of hydrogen-bond donors (Lipinski definition) is 1. The molecule has 9 nitrogen and oxygen atoms in total. The lowest BCUT2D eigenvalue weighted by molar-refractivity contribution is -0.286. The van der Waals surface area contributed by atoms with Crippen molar-refractivity contribution in [2.24, 2.45) is 0 Å². The number of hydrogen-bond acceptors (Lipinski definition) is 7. The number of alkyl halides is 2. The number of benzene rings is 1. The number of aromatic nitrogens is 6. The summed E-state index contributed by atoms with van der Waals surface area (Å²) in [7, 11) is 0. The molecule has 1 aromatic carbocycles. The second-order valence-corrected chi connectivity index (χ2v) is 6.27. The third-order valence-electron chi connectivity index (χ3n) is 4.27. The van der Waals surface area contributed by atoms with Gasteiger partial charge in [0.2, 0.25) is 5.95 Å². The van der Waals surface area contributed by atoms with Crippen LogP contribution in [0.3, 0.4) is 0 Å². The number of aryl methyl sites for hydroxylation is 2. The summed E-state index contributed by atoms with van der Waals surface area (Å²) >= 11 is 0. The standard InChI is InChI=1S/C16H13F2N7O2/c1-7-5-8(2)24(22-7)6-11-20-14-9-3-4-10-13(27-16(17,18)26-10)12(9)21-15(19)25(14)23-11/h3-5H,6H2,1-2H3,(H2,19,21). The fraction of sp³-hybridized carbons (Fsp3) is 0.250. The molecule has 0 radical (unpaired) electrons. The Labute approximate surface area is 150 Å². The van der Waals surface area contributed by atoms with Crippen LogP contribution in [0.15, 0.2) is 18.2 Å². The topological polar surface area (TPSA) is 105 Å². The van der Waals surface area contributed by atoms with Crippen LogP contribution in [-0.4, -0.2) is 35.7 Å². The molecule has 3 aromatic heterocycles. The summed E-state index contributed by atoms with van der Waals surface area (Å²) in [4.78, 5) is 8.66. The molecular weight excluding hydrogens is 360 g/mol. The van der Waals surface area contributed by atoms with Crippen LogP contribution in [0.4, 0.5) is 14.7 Å². The third kappa shape index (κ3) is 2.34. The highest BCUT2D eigenvalue weighted by Crippen LogP contribution is 2.45. The lowest BCUT2D eigenvalue weighted by Crippen LogP contribution is -2.26. The van der Waals surface area contributed by atoms with E-state index >= 15 is 0 Å². The molecule has 27 heavy (non-hydrogen) atoms. The minimum atomic E-state index is -3.74. The highest BCUT2D eigenvalue weighted by atomic mass is 19.3. The van der Waals surface area contributed by atoms with Gasteiger partial charge in [0.25, 0.3) is 0 Å². The fourth-order valence-corrected chi connectivity index (χ4v) is 3.18. The second-order valence-electron chi connectivity index (χ2n) is 6.27. The zero-order chi connectivity index (χ0) is 18.9. The van der Waals surface area contributed by atoms with Crippen LogP contribution >= 0.6 is 0 Å². The molecule has 0 unspecified atom stereocenters. The van der Waals surface area contributed by atoms with E-state index in [0.717, 1.165) is 11.4 Å². The van der Waals surface area contributed by atoms with Gasteiger partial charge in [-0.25, -0.2) is 9.97 Å². The Bertz CT molecular complexity index is 1230. The predicted octanol–water partition coefficient (Wildman–Crippen LogP) is 2.04. The van der Waals surface area contributed by atoms with Gasteiger partial charge in [-0.3, -0.25) is 4.68 Å². The zero-order valence-corrected chi connectivity index (χ0v) is 14.3. The Kier molecular flexibility index (Phi) is 2.93. The molecule has 0 saturated heterocycles.